The molecule has 2 aromatic heterocycles. The summed E-state index contributed by atoms with van der Waals surface area (Å²) in [6.07, 6.45) is 7.61. The molecule has 2 unspecified atom stereocenters. The van der Waals surface area contributed by atoms with Crippen LogP contribution in [0.25, 0.3) is 0 Å². The zero-order valence-corrected chi connectivity index (χ0v) is 10.4. The van der Waals surface area contributed by atoms with Gasteiger partial charge in [0.15, 0.2) is 5.82 Å². The molecule has 0 amide bonds. The van der Waals surface area contributed by atoms with E-state index in [9.17, 15) is 0 Å². The molecular weight excluding hydrogens is 228 g/mol. The van der Waals surface area contributed by atoms with Gasteiger partial charge in [-0.2, -0.15) is 5.10 Å². The van der Waals surface area contributed by atoms with Crippen LogP contribution in [-0.2, 0) is 13.6 Å². The fraction of sp³-hybridized carbons (Fsp3) is 0.667. The molecule has 4 rings (SSSR count). The molecule has 0 saturated heterocycles. The van der Waals surface area contributed by atoms with Gasteiger partial charge in [-0.1, -0.05) is 5.21 Å². The summed E-state index contributed by atoms with van der Waals surface area (Å²) in [6.45, 7) is 0.947. The quantitative estimate of drug-likeness (QED) is 0.807. The number of hydrogen-bond donors (Lipinski definition) is 0. The highest BCUT2D eigenvalue weighted by atomic mass is 15.4. The number of aromatic nitrogens is 6. The highest BCUT2D eigenvalue weighted by Gasteiger charge is 2.41. The van der Waals surface area contributed by atoms with Gasteiger partial charge in [0.25, 0.3) is 0 Å². The molecule has 2 saturated carbocycles. The van der Waals surface area contributed by atoms with Gasteiger partial charge in [-0.25, -0.2) is 4.98 Å². The van der Waals surface area contributed by atoms with Gasteiger partial charge in [-0.05, 0) is 25.2 Å². The van der Waals surface area contributed by atoms with Crippen molar-refractivity contribution in [2.45, 2.75) is 37.6 Å². The summed E-state index contributed by atoms with van der Waals surface area (Å²) in [5.74, 6) is 2.80. The Kier molecular flexibility index (Phi) is 2.06. The maximum atomic E-state index is 4.37. The number of aryl methyl sites for hydroxylation is 1. The van der Waals surface area contributed by atoms with Crippen molar-refractivity contribution in [1.29, 1.82) is 0 Å². The second kappa shape index (κ2) is 3.63. The molecule has 0 bridgehead atoms. The zero-order valence-electron chi connectivity index (χ0n) is 10.4. The first-order valence-electron chi connectivity index (χ1n) is 6.55. The summed E-state index contributed by atoms with van der Waals surface area (Å²) >= 11 is 0. The zero-order chi connectivity index (χ0) is 12.1. The first-order valence-corrected chi connectivity index (χ1v) is 6.55. The van der Waals surface area contributed by atoms with E-state index in [1.165, 1.54) is 25.0 Å². The second-order valence-corrected chi connectivity index (χ2v) is 5.52. The molecular formula is C12H16N6. The topological polar surface area (TPSA) is 61.4 Å². The van der Waals surface area contributed by atoms with Gasteiger partial charge in [0.05, 0.1) is 5.69 Å². The molecule has 2 aliphatic rings. The van der Waals surface area contributed by atoms with E-state index in [1.807, 2.05) is 11.7 Å². The van der Waals surface area contributed by atoms with Crippen molar-refractivity contribution >= 4 is 0 Å². The van der Waals surface area contributed by atoms with Crippen LogP contribution in [0.3, 0.4) is 0 Å². The van der Waals surface area contributed by atoms with Crippen molar-refractivity contribution < 1.29 is 0 Å². The Morgan fingerprint density at radius 3 is 3.00 bits per heavy atom. The Morgan fingerprint density at radius 1 is 1.39 bits per heavy atom. The van der Waals surface area contributed by atoms with E-state index in [0.717, 1.165) is 12.4 Å². The van der Waals surface area contributed by atoms with E-state index >= 15 is 0 Å². The molecule has 6 heteroatoms. The maximum absolute atomic E-state index is 4.37. The Bertz CT molecular complexity index is 567. The van der Waals surface area contributed by atoms with Gasteiger partial charge >= 0.3 is 0 Å². The van der Waals surface area contributed by atoms with Crippen molar-refractivity contribution in [2.75, 3.05) is 0 Å². The molecule has 18 heavy (non-hydrogen) atoms. The van der Waals surface area contributed by atoms with E-state index in [-0.39, 0.29) is 0 Å². The summed E-state index contributed by atoms with van der Waals surface area (Å²) in [7, 11) is 1.91. The monoisotopic (exact) mass is 244 g/mol. The fourth-order valence-electron chi connectivity index (χ4n) is 2.50. The van der Waals surface area contributed by atoms with Crippen molar-refractivity contribution in [3.63, 3.8) is 0 Å². The van der Waals surface area contributed by atoms with Crippen molar-refractivity contribution in [2.24, 2.45) is 13.0 Å². The van der Waals surface area contributed by atoms with Crippen LogP contribution in [0, 0.1) is 5.92 Å². The summed E-state index contributed by atoms with van der Waals surface area (Å²) < 4.78 is 3.76. The largest absolute Gasteiger partial charge is 0.256 e. The van der Waals surface area contributed by atoms with Gasteiger partial charge in [-0.3, -0.25) is 9.36 Å². The van der Waals surface area contributed by atoms with Crippen molar-refractivity contribution in [1.82, 2.24) is 29.8 Å². The molecule has 0 spiro atoms. The summed E-state index contributed by atoms with van der Waals surface area (Å²) in [5.41, 5.74) is 1.17. The Labute approximate surface area is 105 Å². The van der Waals surface area contributed by atoms with Gasteiger partial charge in [0, 0.05) is 31.6 Å². The average Bonchev–Trinajstić information content (AvgIpc) is 3.24. The summed E-state index contributed by atoms with van der Waals surface area (Å²) in [4.78, 5) is 4.32. The van der Waals surface area contributed by atoms with Crippen LogP contribution in [0.15, 0.2) is 12.5 Å². The van der Waals surface area contributed by atoms with E-state index in [4.69, 9.17) is 0 Å². The predicted octanol–water partition coefficient (Wildman–Crippen LogP) is 1.09. The van der Waals surface area contributed by atoms with Crippen molar-refractivity contribution in [3.8, 4) is 0 Å². The Morgan fingerprint density at radius 2 is 2.28 bits per heavy atom. The van der Waals surface area contributed by atoms with Gasteiger partial charge in [-0.15, -0.1) is 5.10 Å². The lowest BCUT2D eigenvalue weighted by atomic mass is 10.3. The van der Waals surface area contributed by atoms with Gasteiger partial charge in [0.1, 0.15) is 6.33 Å². The van der Waals surface area contributed by atoms with E-state index in [1.54, 1.807) is 11.0 Å². The minimum Gasteiger partial charge on any atom is -0.256 e. The van der Waals surface area contributed by atoms with Crippen LogP contribution in [0.4, 0.5) is 0 Å². The van der Waals surface area contributed by atoms with Gasteiger partial charge in [0.2, 0.25) is 0 Å². The standard InChI is InChI=1S/C12H16N6/c1-17-7-13-12(15-17)10-4-9(10)5-18-6-11(14-16-18)8-2-3-8/h6-10H,2-5H2,1H3. The second-order valence-electron chi connectivity index (χ2n) is 5.52. The molecule has 2 fully saturated rings. The molecule has 94 valence electrons. The third-order valence-electron chi connectivity index (χ3n) is 3.85. The molecule has 6 nitrogen and oxygen atoms in total. The molecule has 2 aromatic rings. The van der Waals surface area contributed by atoms with Crippen LogP contribution >= 0.6 is 0 Å². The molecule has 0 aliphatic heterocycles. The lowest BCUT2D eigenvalue weighted by Crippen LogP contribution is -2.02. The van der Waals surface area contributed by atoms with Crippen LogP contribution < -0.4 is 0 Å². The minimum atomic E-state index is 0.514. The lowest BCUT2D eigenvalue weighted by molar-refractivity contribution is 0.531. The fourth-order valence-corrected chi connectivity index (χ4v) is 2.50. The number of nitrogens with zero attached hydrogens (tertiary/aromatic N) is 6. The SMILES string of the molecule is Cn1cnc(C2CC2Cn2cc(C3CC3)nn2)n1. The van der Waals surface area contributed by atoms with Gasteiger partial charge < -0.3 is 0 Å². The first kappa shape index (κ1) is 10.2. The molecule has 0 aromatic carbocycles. The molecule has 2 heterocycles. The van der Waals surface area contributed by atoms with Crippen molar-refractivity contribution in [3.05, 3.63) is 24.0 Å². The smallest absolute Gasteiger partial charge is 0.154 e. The normalized spacial score (nSPS) is 26.5. The highest BCUT2D eigenvalue weighted by molar-refractivity contribution is 5.11. The molecule has 2 aliphatic carbocycles. The lowest BCUT2D eigenvalue weighted by Gasteiger charge is -1.97. The average molecular weight is 244 g/mol. The molecule has 0 radical (unpaired) electrons. The Balaban J connectivity index is 1.41. The first-order chi connectivity index (χ1) is 8.79. The minimum absolute atomic E-state index is 0.514. The van der Waals surface area contributed by atoms with Crippen LogP contribution in [0.1, 0.15) is 42.6 Å². The maximum Gasteiger partial charge on any atom is 0.154 e. The third-order valence-corrected chi connectivity index (χ3v) is 3.85. The summed E-state index contributed by atoms with van der Waals surface area (Å²) in [6, 6.07) is 0. The van der Waals surface area contributed by atoms with E-state index in [0.29, 0.717) is 17.8 Å². The van der Waals surface area contributed by atoms with Crippen LogP contribution in [-0.4, -0.2) is 29.8 Å². The number of hydrogen-bond acceptors (Lipinski definition) is 4. The Hall–Kier alpha value is -1.72. The van der Waals surface area contributed by atoms with Crippen LogP contribution in [0.5, 0.6) is 0 Å². The molecule has 0 N–H and O–H groups in total. The molecule has 2 atom stereocenters. The predicted molar refractivity (Wildman–Crippen MR) is 63.8 cm³/mol. The number of rotatable bonds is 4. The third kappa shape index (κ3) is 1.81. The van der Waals surface area contributed by atoms with E-state index < -0.39 is 0 Å². The van der Waals surface area contributed by atoms with E-state index in [2.05, 4.69) is 26.6 Å². The van der Waals surface area contributed by atoms with Crippen LogP contribution in [0.2, 0.25) is 0 Å². The highest BCUT2D eigenvalue weighted by Crippen LogP contribution is 2.47. The summed E-state index contributed by atoms with van der Waals surface area (Å²) in [5, 5.41) is 12.8.